The van der Waals surface area contributed by atoms with E-state index in [4.69, 9.17) is 0 Å². The molecule has 0 bridgehead atoms. The highest BCUT2D eigenvalue weighted by atomic mass is 19.1. The summed E-state index contributed by atoms with van der Waals surface area (Å²) in [6.07, 6.45) is 5.32. The molecule has 27 heavy (non-hydrogen) atoms. The molecule has 4 heterocycles. The van der Waals surface area contributed by atoms with Crippen molar-refractivity contribution in [1.82, 2.24) is 19.7 Å². The van der Waals surface area contributed by atoms with Crippen LogP contribution in [0.1, 0.15) is 25.7 Å². The lowest BCUT2D eigenvalue weighted by molar-refractivity contribution is -0.137. The van der Waals surface area contributed by atoms with Gasteiger partial charge < -0.3 is 15.0 Å². The van der Waals surface area contributed by atoms with E-state index in [1.807, 2.05) is 4.90 Å². The lowest BCUT2D eigenvalue weighted by Gasteiger charge is -2.35. The first-order valence-electron chi connectivity index (χ1n) is 8.75. The number of aliphatic carboxylic acids is 1. The van der Waals surface area contributed by atoms with Crippen molar-refractivity contribution in [3.63, 3.8) is 0 Å². The molecule has 0 aliphatic carbocycles. The predicted molar refractivity (Wildman–Crippen MR) is 96.7 cm³/mol. The van der Waals surface area contributed by atoms with Crippen molar-refractivity contribution >= 4 is 22.8 Å². The molecule has 1 aliphatic rings. The van der Waals surface area contributed by atoms with E-state index in [1.54, 1.807) is 12.3 Å². The van der Waals surface area contributed by atoms with Crippen LogP contribution in [-0.2, 0) is 4.79 Å². The van der Waals surface area contributed by atoms with E-state index in [0.717, 1.165) is 25.5 Å². The Kier molecular flexibility index (Phi) is 4.35. The topological polar surface area (TPSA) is 104 Å². The van der Waals surface area contributed by atoms with Crippen molar-refractivity contribution in [2.24, 2.45) is 0 Å². The van der Waals surface area contributed by atoms with Crippen LogP contribution in [0.2, 0.25) is 0 Å². The van der Waals surface area contributed by atoms with Gasteiger partial charge in [-0.25, -0.2) is 9.37 Å². The van der Waals surface area contributed by atoms with Crippen LogP contribution in [0, 0.1) is 5.82 Å². The summed E-state index contributed by atoms with van der Waals surface area (Å²) in [5.74, 6) is -0.845. The van der Waals surface area contributed by atoms with Gasteiger partial charge in [-0.05, 0) is 31.4 Å². The third kappa shape index (κ3) is 3.27. The fourth-order valence-corrected chi connectivity index (χ4v) is 3.58. The number of aromatic nitrogens is 4. The molecule has 8 nitrogen and oxygen atoms in total. The predicted octanol–water partition coefficient (Wildman–Crippen LogP) is 2.08. The van der Waals surface area contributed by atoms with Crippen LogP contribution in [0.15, 0.2) is 35.4 Å². The zero-order valence-electron chi connectivity index (χ0n) is 14.4. The van der Waals surface area contributed by atoms with Crippen LogP contribution >= 0.6 is 0 Å². The van der Waals surface area contributed by atoms with Gasteiger partial charge in [0.05, 0.1) is 18.3 Å². The maximum atomic E-state index is 13.6. The summed E-state index contributed by atoms with van der Waals surface area (Å²) >= 11 is 0. The average Bonchev–Trinajstić information content (AvgIpc) is 3.05. The summed E-state index contributed by atoms with van der Waals surface area (Å²) < 4.78 is 14.8. The third-order valence-corrected chi connectivity index (χ3v) is 4.82. The highest BCUT2D eigenvalue weighted by Gasteiger charge is 2.26. The fraction of sp³-hybridized carbons (Fsp3) is 0.333. The molecule has 3 aromatic rings. The fourth-order valence-electron chi connectivity index (χ4n) is 3.58. The summed E-state index contributed by atoms with van der Waals surface area (Å²) in [7, 11) is 0. The molecule has 1 aliphatic heterocycles. The van der Waals surface area contributed by atoms with Gasteiger partial charge in [-0.1, -0.05) is 0 Å². The molecule has 3 aromatic heterocycles. The maximum Gasteiger partial charge on any atom is 0.305 e. The van der Waals surface area contributed by atoms with Crippen molar-refractivity contribution in [1.29, 1.82) is 0 Å². The number of hydrogen-bond acceptors (Lipinski definition) is 5. The van der Waals surface area contributed by atoms with Gasteiger partial charge in [-0.15, -0.1) is 5.10 Å². The van der Waals surface area contributed by atoms with Crippen molar-refractivity contribution in [2.75, 3.05) is 11.4 Å². The number of carboxylic acids is 1. The number of carbonyl (C=O) groups is 1. The molecule has 4 rings (SSSR count). The van der Waals surface area contributed by atoms with Gasteiger partial charge in [0.2, 0.25) is 0 Å². The van der Waals surface area contributed by atoms with E-state index in [0.29, 0.717) is 29.1 Å². The van der Waals surface area contributed by atoms with E-state index in [2.05, 4.69) is 15.1 Å². The van der Waals surface area contributed by atoms with Crippen molar-refractivity contribution in [3.8, 4) is 5.69 Å². The van der Waals surface area contributed by atoms with Crippen molar-refractivity contribution in [3.05, 3.63) is 46.8 Å². The number of fused-ring (bicyclic) bond motifs is 1. The smallest absolute Gasteiger partial charge is 0.305 e. The quantitative estimate of drug-likeness (QED) is 0.728. The molecule has 1 fully saturated rings. The second kappa shape index (κ2) is 6.82. The van der Waals surface area contributed by atoms with Gasteiger partial charge in [0, 0.05) is 30.2 Å². The number of anilines is 1. The van der Waals surface area contributed by atoms with E-state index in [-0.39, 0.29) is 18.0 Å². The average molecular weight is 371 g/mol. The molecule has 1 saturated heterocycles. The number of halogens is 1. The summed E-state index contributed by atoms with van der Waals surface area (Å²) in [6, 6.07) is 4.12. The Labute approximate surface area is 153 Å². The second-order valence-electron chi connectivity index (χ2n) is 6.61. The van der Waals surface area contributed by atoms with Crippen molar-refractivity contribution in [2.45, 2.75) is 31.7 Å². The maximum absolute atomic E-state index is 13.6. The number of nitrogens with zero attached hydrogens (tertiary/aromatic N) is 4. The van der Waals surface area contributed by atoms with Crippen LogP contribution in [-0.4, -0.2) is 43.4 Å². The number of carboxylic acid groups (broad SMARTS) is 1. The first-order chi connectivity index (χ1) is 13.0. The van der Waals surface area contributed by atoms with E-state index >= 15 is 0 Å². The highest BCUT2D eigenvalue weighted by molar-refractivity contribution is 5.85. The van der Waals surface area contributed by atoms with Gasteiger partial charge >= 0.3 is 5.97 Å². The third-order valence-electron chi connectivity index (χ3n) is 4.82. The number of hydrogen-bond donors (Lipinski definition) is 2. The summed E-state index contributed by atoms with van der Waals surface area (Å²) in [5, 5.41) is 14.1. The number of nitrogens with one attached hydrogen (secondary N) is 1. The van der Waals surface area contributed by atoms with Crippen molar-refractivity contribution < 1.29 is 14.3 Å². The molecule has 0 aromatic carbocycles. The Bertz CT molecular complexity index is 1060. The summed E-state index contributed by atoms with van der Waals surface area (Å²) in [5.41, 5.74) is 0.485. The van der Waals surface area contributed by atoms with Crippen LogP contribution < -0.4 is 10.5 Å². The normalized spacial score (nSPS) is 17.4. The minimum Gasteiger partial charge on any atom is -0.481 e. The van der Waals surface area contributed by atoms with Gasteiger partial charge in [-0.2, -0.15) is 4.68 Å². The van der Waals surface area contributed by atoms with E-state index < -0.39 is 11.8 Å². The molecule has 9 heteroatoms. The van der Waals surface area contributed by atoms with E-state index in [9.17, 15) is 19.1 Å². The highest BCUT2D eigenvalue weighted by Crippen LogP contribution is 2.26. The van der Waals surface area contributed by atoms with Crippen LogP contribution in [0.5, 0.6) is 0 Å². The molecule has 140 valence electrons. The number of aromatic amines is 1. The van der Waals surface area contributed by atoms with Gasteiger partial charge in [0.15, 0.2) is 0 Å². The van der Waals surface area contributed by atoms with Gasteiger partial charge in [-0.3, -0.25) is 9.59 Å². The molecule has 0 radical (unpaired) electrons. The number of H-pyrrole nitrogens is 1. The second-order valence-corrected chi connectivity index (χ2v) is 6.61. The largest absolute Gasteiger partial charge is 0.481 e. The first-order valence-corrected chi connectivity index (χ1v) is 8.75. The monoisotopic (exact) mass is 371 g/mol. The molecule has 1 atom stereocenters. The zero-order chi connectivity index (χ0) is 19.0. The SMILES string of the molecule is O=C(O)CC1CCCCN1c1ccc(=O)n(-c2c[nH]c3ncc(F)cc23)n1. The summed E-state index contributed by atoms with van der Waals surface area (Å²) in [4.78, 5) is 32.4. The summed E-state index contributed by atoms with van der Waals surface area (Å²) in [6.45, 7) is 0.674. The van der Waals surface area contributed by atoms with Crippen LogP contribution in [0.25, 0.3) is 16.7 Å². The molecule has 0 amide bonds. The Morgan fingerprint density at radius 2 is 2.22 bits per heavy atom. The van der Waals surface area contributed by atoms with Crippen LogP contribution in [0.3, 0.4) is 0 Å². The molecular weight excluding hydrogens is 353 g/mol. The lowest BCUT2D eigenvalue weighted by Crippen LogP contribution is -2.42. The standard InChI is InChI=1S/C18H18FN5O3/c19-11-7-13-14(10-21-18(13)20-9-11)24-16(25)5-4-15(22-24)23-6-2-1-3-12(23)8-17(26)27/h4-5,7,9-10,12H,1-3,6,8H2,(H,20,21)(H,26,27). The Morgan fingerprint density at radius 3 is 3.04 bits per heavy atom. The Balaban J connectivity index is 1.78. The van der Waals surface area contributed by atoms with Crippen LogP contribution in [0.4, 0.5) is 10.2 Å². The molecule has 0 saturated carbocycles. The molecular formula is C18H18FN5O3. The molecule has 0 spiro atoms. The number of pyridine rings is 1. The van der Waals surface area contributed by atoms with Gasteiger partial charge in [0.1, 0.15) is 17.3 Å². The van der Waals surface area contributed by atoms with Gasteiger partial charge in [0.25, 0.3) is 5.56 Å². The number of piperidine rings is 1. The minimum absolute atomic E-state index is 0.0169. The minimum atomic E-state index is -0.863. The molecule has 2 N–H and O–H groups in total. The Hall–Kier alpha value is -3.23. The zero-order valence-corrected chi connectivity index (χ0v) is 14.4. The Morgan fingerprint density at radius 1 is 1.37 bits per heavy atom. The molecule has 1 unspecified atom stereocenters. The lowest BCUT2D eigenvalue weighted by atomic mass is 9.99. The van der Waals surface area contributed by atoms with E-state index in [1.165, 1.54) is 16.8 Å². The number of rotatable bonds is 4. The first kappa shape index (κ1) is 17.2.